The topological polar surface area (TPSA) is 63.4 Å². The Bertz CT molecular complexity index is 670. The first kappa shape index (κ1) is 14.5. The number of aryl methyl sites for hydroxylation is 1. The van der Waals surface area contributed by atoms with Crippen LogP contribution in [-0.2, 0) is 0 Å². The molecule has 0 unspecified atom stereocenters. The van der Waals surface area contributed by atoms with E-state index in [1.165, 1.54) is 0 Å². The SMILES string of the molecule is Cc1cc(C(=O)N2CCC(C(=O)c3ccccc3)CC2)on1. The molecule has 0 bridgehead atoms. The van der Waals surface area contributed by atoms with E-state index >= 15 is 0 Å². The standard InChI is InChI=1S/C17H18N2O3/c1-12-11-15(22-18-12)17(21)19-9-7-14(8-10-19)16(20)13-5-3-2-4-6-13/h2-6,11,14H,7-10H2,1H3. The van der Waals surface area contributed by atoms with Crippen molar-refractivity contribution in [3.8, 4) is 0 Å². The molecule has 1 amide bonds. The molecule has 3 rings (SSSR count). The van der Waals surface area contributed by atoms with Crippen molar-refractivity contribution >= 4 is 11.7 Å². The van der Waals surface area contributed by atoms with Crippen LogP contribution < -0.4 is 0 Å². The summed E-state index contributed by atoms with van der Waals surface area (Å²) in [5, 5.41) is 3.74. The average molecular weight is 298 g/mol. The number of aromatic nitrogens is 1. The summed E-state index contributed by atoms with van der Waals surface area (Å²) >= 11 is 0. The predicted octanol–water partition coefficient (Wildman–Crippen LogP) is 2.72. The summed E-state index contributed by atoms with van der Waals surface area (Å²) in [7, 11) is 0. The number of carbonyl (C=O) groups excluding carboxylic acids is 2. The molecule has 1 aromatic carbocycles. The molecule has 1 fully saturated rings. The van der Waals surface area contributed by atoms with Crippen LogP contribution in [0.3, 0.4) is 0 Å². The monoisotopic (exact) mass is 298 g/mol. The molecule has 2 aromatic rings. The van der Waals surface area contributed by atoms with E-state index < -0.39 is 0 Å². The van der Waals surface area contributed by atoms with Crippen molar-refractivity contribution in [2.75, 3.05) is 13.1 Å². The first-order chi connectivity index (χ1) is 10.6. The van der Waals surface area contributed by atoms with Crippen LogP contribution in [0.4, 0.5) is 0 Å². The average Bonchev–Trinajstić information content (AvgIpc) is 3.01. The third-order valence-electron chi connectivity index (χ3n) is 4.05. The van der Waals surface area contributed by atoms with Crippen LogP contribution in [0.2, 0.25) is 0 Å². The number of likely N-dealkylation sites (tertiary alicyclic amines) is 1. The number of carbonyl (C=O) groups is 2. The second-order valence-electron chi connectivity index (χ2n) is 5.63. The minimum atomic E-state index is -0.147. The maximum Gasteiger partial charge on any atom is 0.292 e. The molecule has 2 heterocycles. The quantitative estimate of drug-likeness (QED) is 0.817. The van der Waals surface area contributed by atoms with E-state index in [0.717, 1.165) is 5.56 Å². The van der Waals surface area contributed by atoms with E-state index in [2.05, 4.69) is 5.16 Å². The molecule has 114 valence electrons. The molecule has 0 spiro atoms. The lowest BCUT2D eigenvalue weighted by Crippen LogP contribution is -2.40. The van der Waals surface area contributed by atoms with Gasteiger partial charge in [0, 0.05) is 30.6 Å². The summed E-state index contributed by atoms with van der Waals surface area (Å²) in [5.74, 6) is 0.280. The first-order valence-electron chi connectivity index (χ1n) is 7.47. The third kappa shape index (κ3) is 2.93. The first-order valence-corrected chi connectivity index (χ1v) is 7.47. The Balaban J connectivity index is 1.61. The number of ketones is 1. The summed E-state index contributed by atoms with van der Waals surface area (Å²) in [4.78, 5) is 26.4. The number of benzene rings is 1. The lowest BCUT2D eigenvalue weighted by Gasteiger charge is -2.30. The predicted molar refractivity (Wildman–Crippen MR) is 80.6 cm³/mol. The number of hydrogen-bond donors (Lipinski definition) is 0. The summed E-state index contributed by atoms with van der Waals surface area (Å²) in [5.41, 5.74) is 1.44. The lowest BCUT2D eigenvalue weighted by atomic mass is 9.89. The van der Waals surface area contributed by atoms with Gasteiger partial charge in [0.25, 0.3) is 5.91 Å². The molecule has 0 radical (unpaired) electrons. The van der Waals surface area contributed by atoms with Gasteiger partial charge in [0.2, 0.25) is 5.76 Å². The van der Waals surface area contributed by atoms with Crippen molar-refractivity contribution in [2.24, 2.45) is 5.92 Å². The molecule has 1 aliphatic rings. The molecule has 1 aliphatic heterocycles. The molecule has 0 saturated carbocycles. The number of hydrogen-bond acceptors (Lipinski definition) is 4. The fourth-order valence-corrected chi connectivity index (χ4v) is 2.80. The number of Topliss-reactive ketones (excluding diaryl/α,β-unsaturated/α-hetero) is 1. The Morgan fingerprint density at radius 3 is 2.45 bits per heavy atom. The molecule has 0 N–H and O–H groups in total. The highest BCUT2D eigenvalue weighted by Gasteiger charge is 2.29. The fraction of sp³-hybridized carbons (Fsp3) is 0.353. The van der Waals surface area contributed by atoms with Gasteiger partial charge in [0.1, 0.15) is 0 Å². The van der Waals surface area contributed by atoms with Gasteiger partial charge in [-0.05, 0) is 19.8 Å². The van der Waals surface area contributed by atoms with Crippen molar-refractivity contribution in [1.82, 2.24) is 10.1 Å². The molecule has 1 aromatic heterocycles. The molecule has 5 nitrogen and oxygen atoms in total. The van der Waals surface area contributed by atoms with E-state index in [1.807, 2.05) is 30.3 Å². The maximum absolute atomic E-state index is 12.4. The van der Waals surface area contributed by atoms with Gasteiger partial charge in [-0.1, -0.05) is 35.5 Å². The van der Waals surface area contributed by atoms with E-state index in [1.54, 1.807) is 17.9 Å². The Morgan fingerprint density at radius 2 is 1.86 bits per heavy atom. The minimum Gasteiger partial charge on any atom is -0.351 e. The van der Waals surface area contributed by atoms with Gasteiger partial charge in [0.15, 0.2) is 5.78 Å². The van der Waals surface area contributed by atoms with E-state index in [9.17, 15) is 9.59 Å². The van der Waals surface area contributed by atoms with Crippen molar-refractivity contribution in [2.45, 2.75) is 19.8 Å². The zero-order chi connectivity index (χ0) is 15.5. The van der Waals surface area contributed by atoms with Crippen molar-refractivity contribution in [1.29, 1.82) is 0 Å². The molecule has 0 atom stereocenters. The lowest BCUT2D eigenvalue weighted by molar-refractivity contribution is 0.0616. The Kier molecular flexibility index (Phi) is 4.04. The van der Waals surface area contributed by atoms with E-state index in [-0.39, 0.29) is 23.4 Å². The Morgan fingerprint density at radius 1 is 1.18 bits per heavy atom. The van der Waals surface area contributed by atoms with Crippen molar-refractivity contribution in [3.05, 3.63) is 53.4 Å². The van der Waals surface area contributed by atoms with Crippen molar-refractivity contribution in [3.63, 3.8) is 0 Å². The molecule has 1 saturated heterocycles. The normalized spacial score (nSPS) is 15.8. The van der Waals surface area contributed by atoms with Gasteiger partial charge in [-0.2, -0.15) is 0 Å². The minimum absolute atomic E-state index is 0.0112. The van der Waals surface area contributed by atoms with Crippen LogP contribution in [0, 0.1) is 12.8 Å². The van der Waals surface area contributed by atoms with E-state index in [4.69, 9.17) is 4.52 Å². The molecular weight excluding hydrogens is 280 g/mol. The van der Waals surface area contributed by atoms with Crippen LogP contribution in [0.15, 0.2) is 40.9 Å². The Hall–Kier alpha value is -2.43. The van der Waals surface area contributed by atoms with Crippen molar-refractivity contribution < 1.29 is 14.1 Å². The summed E-state index contributed by atoms with van der Waals surface area (Å²) in [6.07, 6.45) is 1.37. The molecular formula is C17H18N2O3. The van der Waals surface area contributed by atoms with Gasteiger partial charge in [-0.3, -0.25) is 9.59 Å². The van der Waals surface area contributed by atoms with Crippen LogP contribution in [0.5, 0.6) is 0 Å². The second-order valence-corrected chi connectivity index (χ2v) is 5.63. The van der Waals surface area contributed by atoms with Crippen LogP contribution in [0.25, 0.3) is 0 Å². The number of nitrogens with zero attached hydrogens (tertiary/aromatic N) is 2. The van der Waals surface area contributed by atoms with Gasteiger partial charge < -0.3 is 9.42 Å². The zero-order valence-electron chi connectivity index (χ0n) is 12.5. The summed E-state index contributed by atoms with van der Waals surface area (Å²) in [6, 6.07) is 11.0. The summed E-state index contributed by atoms with van der Waals surface area (Å²) < 4.78 is 5.01. The van der Waals surface area contributed by atoms with Gasteiger partial charge in [-0.15, -0.1) is 0 Å². The summed E-state index contributed by atoms with van der Waals surface area (Å²) in [6.45, 7) is 2.93. The largest absolute Gasteiger partial charge is 0.351 e. The molecule has 22 heavy (non-hydrogen) atoms. The van der Waals surface area contributed by atoms with E-state index in [0.29, 0.717) is 31.6 Å². The van der Waals surface area contributed by atoms with Crippen LogP contribution >= 0.6 is 0 Å². The van der Waals surface area contributed by atoms with Gasteiger partial charge in [-0.25, -0.2) is 0 Å². The highest BCUT2D eigenvalue weighted by atomic mass is 16.5. The number of amides is 1. The third-order valence-corrected chi connectivity index (χ3v) is 4.05. The highest BCUT2D eigenvalue weighted by Crippen LogP contribution is 2.23. The van der Waals surface area contributed by atoms with Crippen LogP contribution in [0.1, 0.15) is 39.4 Å². The number of piperidine rings is 1. The number of rotatable bonds is 3. The second kappa shape index (κ2) is 6.13. The van der Waals surface area contributed by atoms with Gasteiger partial charge >= 0.3 is 0 Å². The fourth-order valence-electron chi connectivity index (χ4n) is 2.80. The molecule has 0 aliphatic carbocycles. The van der Waals surface area contributed by atoms with Crippen LogP contribution in [-0.4, -0.2) is 34.8 Å². The van der Waals surface area contributed by atoms with Gasteiger partial charge in [0.05, 0.1) is 5.69 Å². The smallest absolute Gasteiger partial charge is 0.292 e. The molecule has 5 heteroatoms. The zero-order valence-corrected chi connectivity index (χ0v) is 12.5. The highest BCUT2D eigenvalue weighted by molar-refractivity contribution is 5.98. The maximum atomic E-state index is 12.4. The Labute approximate surface area is 128 Å².